The predicted octanol–water partition coefficient (Wildman–Crippen LogP) is 8.46. The van der Waals surface area contributed by atoms with Crippen LogP contribution in [0.3, 0.4) is 0 Å². The van der Waals surface area contributed by atoms with Gasteiger partial charge in [-0.2, -0.15) is 0 Å². The second-order valence-electron chi connectivity index (χ2n) is 7.02. The van der Waals surface area contributed by atoms with Crippen LogP contribution in [-0.4, -0.2) is 0 Å². The van der Waals surface area contributed by atoms with Gasteiger partial charge in [0.1, 0.15) is 0 Å². The third-order valence-electron chi connectivity index (χ3n) is 4.67. The van der Waals surface area contributed by atoms with E-state index in [1.807, 2.05) is 0 Å². The quantitative estimate of drug-likeness (QED) is 0.210. The largest absolute Gasteiger partial charge is 0.0654 e. The molecule has 0 unspecified atom stereocenters. The molecule has 0 aliphatic rings. The van der Waals surface area contributed by atoms with Crippen LogP contribution in [0.15, 0.2) is 0 Å². The lowest BCUT2D eigenvalue weighted by Gasteiger charge is -2.03. The van der Waals surface area contributed by atoms with Crippen LogP contribution >= 0.6 is 0 Å². The summed E-state index contributed by atoms with van der Waals surface area (Å²) >= 11 is 0. The van der Waals surface area contributed by atoms with Crippen LogP contribution in [0.5, 0.6) is 0 Å². The minimum absolute atomic E-state index is 1.09. The minimum atomic E-state index is 1.09. The second kappa shape index (κ2) is 21.0. The van der Waals surface area contributed by atoms with Gasteiger partial charge in [0.25, 0.3) is 0 Å². The first-order valence-electron chi connectivity index (χ1n) is 10.5. The van der Waals surface area contributed by atoms with Crippen LogP contribution in [-0.2, 0) is 0 Å². The Labute approximate surface area is 142 Å². The zero-order chi connectivity index (χ0) is 16.1. The van der Waals surface area contributed by atoms with Crippen molar-refractivity contribution in [1.29, 1.82) is 0 Å². The Bertz CT molecular complexity index is 153. The molecule has 0 amide bonds. The molecule has 0 bridgehead atoms. The summed E-state index contributed by atoms with van der Waals surface area (Å²) in [5, 5.41) is 0. The number of rotatable bonds is 19. The van der Waals surface area contributed by atoms with Gasteiger partial charge in [-0.05, 0) is 6.42 Å². The third kappa shape index (κ3) is 20.0. The molecule has 0 aromatic heterocycles. The highest BCUT2D eigenvalue weighted by atomic mass is 14.0. The Morgan fingerprint density at radius 2 is 0.864 bits per heavy atom. The number of hydrogen-bond donors (Lipinski definition) is 0. The van der Waals surface area contributed by atoms with Gasteiger partial charge in [-0.25, -0.2) is 0 Å². The smallest absolute Gasteiger partial charge is 0.0386 e. The van der Waals surface area contributed by atoms with E-state index >= 15 is 0 Å². The monoisotopic (exact) mass is 308 g/mol. The minimum Gasteiger partial charge on any atom is -0.0654 e. The summed E-state index contributed by atoms with van der Waals surface area (Å²) in [7, 11) is 0. The zero-order valence-corrected chi connectivity index (χ0v) is 15.7. The Morgan fingerprint density at radius 1 is 0.500 bits per heavy atom. The van der Waals surface area contributed by atoms with E-state index < -0.39 is 0 Å². The topological polar surface area (TPSA) is 0 Å². The van der Waals surface area contributed by atoms with Gasteiger partial charge in [-0.3, -0.25) is 0 Å². The summed E-state index contributed by atoms with van der Waals surface area (Å²) in [6.45, 7) is 6.18. The van der Waals surface area contributed by atoms with Gasteiger partial charge in [-0.1, -0.05) is 136 Å². The van der Waals surface area contributed by atoms with Gasteiger partial charge in [0.15, 0.2) is 0 Å². The van der Waals surface area contributed by atoms with E-state index in [1.165, 1.54) is 116 Å². The molecule has 0 rings (SSSR count). The lowest BCUT2D eigenvalue weighted by Crippen LogP contribution is -1.84. The van der Waals surface area contributed by atoms with Gasteiger partial charge in [0, 0.05) is 0 Å². The summed E-state index contributed by atoms with van der Waals surface area (Å²) in [5.74, 6) is 0. The SMILES string of the molecule is [CH2]CCC[CH]CCCCCCCCCCCCCCCCC. The fourth-order valence-electron chi connectivity index (χ4n) is 3.09. The van der Waals surface area contributed by atoms with Crippen molar-refractivity contribution < 1.29 is 0 Å². The third-order valence-corrected chi connectivity index (χ3v) is 4.67. The van der Waals surface area contributed by atoms with Crippen molar-refractivity contribution in [3.8, 4) is 0 Å². The molecule has 0 heterocycles. The van der Waals surface area contributed by atoms with E-state index in [9.17, 15) is 0 Å². The van der Waals surface area contributed by atoms with Crippen molar-refractivity contribution in [3.63, 3.8) is 0 Å². The zero-order valence-electron chi connectivity index (χ0n) is 15.7. The van der Waals surface area contributed by atoms with Crippen molar-refractivity contribution in [2.75, 3.05) is 0 Å². The van der Waals surface area contributed by atoms with Crippen molar-refractivity contribution in [1.82, 2.24) is 0 Å². The maximum atomic E-state index is 3.88. The summed E-state index contributed by atoms with van der Waals surface area (Å²) in [4.78, 5) is 0. The second-order valence-corrected chi connectivity index (χ2v) is 7.02. The number of unbranched alkanes of at least 4 members (excludes halogenated alkanes) is 19. The Morgan fingerprint density at radius 3 is 1.27 bits per heavy atom. The Balaban J connectivity index is 2.91. The van der Waals surface area contributed by atoms with Crippen LogP contribution in [0.25, 0.3) is 0 Å². The van der Waals surface area contributed by atoms with Crippen LogP contribution in [0.2, 0.25) is 0 Å². The molecule has 0 aliphatic carbocycles. The Kier molecular flexibility index (Phi) is 21.0. The van der Waals surface area contributed by atoms with Crippen LogP contribution in [0.4, 0.5) is 0 Å². The molecular weight excluding hydrogens is 264 g/mol. The highest BCUT2D eigenvalue weighted by Crippen LogP contribution is 2.14. The highest BCUT2D eigenvalue weighted by molar-refractivity contribution is 4.64. The normalized spacial score (nSPS) is 11.2. The van der Waals surface area contributed by atoms with Crippen molar-refractivity contribution in [2.45, 2.75) is 129 Å². The lowest BCUT2D eigenvalue weighted by molar-refractivity contribution is 0.531. The summed E-state index contributed by atoms with van der Waals surface area (Å²) in [6.07, 6.45) is 29.3. The van der Waals surface area contributed by atoms with Crippen molar-refractivity contribution in [3.05, 3.63) is 13.3 Å². The summed E-state index contributed by atoms with van der Waals surface area (Å²) < 4.78 is 0. The molecule has 22 heavy (non-hydrogen) atoms. The molecular formula is C22H44. The summed E-state index contributed by atoms with van der Waals surface area (Å²) in [5.41, 5.74) is 0. The van der Waals surface area contributed by atoms with E-state index in [2.05, 4.69) is 20.3 Å². The van der Waals surface area contributed by atoms with E-state index in [1.54, 1.807) is 0 Å². The molecule has 0 atom stereocenters. The summed E-state index contributed by atoms with van der Waals surface area (Å²) in [6, 6.07) is 0. The van der Waals surface area contributed by atoms with Crippen molar-refractivity contribution >= 4 is 0 Å². The molecule has 0 aliphatic heterocycles. The molecule has 0 saturated heterocycles. The number of hydrogen-bond acceptors (Lipinski definition) is 0. The van der Waals surface area contributed by atoms with E-state index in [0.717, 1.165) is 6.42 Å². The molecule has 0 fully saturated rings. The van der Waals surface area contributed by atoms with Gasteiger partial charge < -0.3 is 0 Å². The average Bonchev–Trinajstić information content (AvgIpc) is 2.54. The molecule has 0 N–H and O–H groups in total. The molecule has 0 aromatic rings. The molecule has 0 saturated carbocycles. The first kappa shape index (κ1) is 22.0. The predicted molar refractivity (Wildman–Crippen MR) is 103 cm³/mol. The molecule has 0 heteroatoms. The van der Waals surface area contributed by atoms with Crippen LogP contribution in [0, 0.1) is 13.3 Å². The van der Waals surface area contributed by atoms with Gasteiger partial charge in [-0.15, -0.1) is 0 Å². The van der Waals surface area contributed by atoms with Gasteiger partial charge in [0.2, 0.25) is 0 Å². The van der Waals surface area contributed by atoms with Gasteiger partial charge in [0.05, 0.1) is 0 Å². The van der Waals surface area contributed by atoms with Crippen molar-refractivity contribution in [2.24, 2.45) is 0 Å². The Hall–Kier alpha value is 0. The van der Waals surface area contributed by atoms with Gasteiger partial charge >= 0.3 is 0 Å². The molecule has 132 valence electrons. The maximum absolute atomic E-state index is 3.88. The fourth-order valence-corrected chi connectivity index (χ4v) is 3.09. The van der Waals surface area contributed by atoms with E-state index in [0.29, 0.717) is 0 Å². The maximum Gasteiger partial charge on any atom is -0.0386 e. The fraction of sp³-hybridized carbons (Fsp3) is 0.909. The van der Waals surface area contributed by atoms with E-state index in [4.69, 9.17) is 0 Å². The van der Waals surface area contributed by atoms with Crippen LogP contribution in [0.1, 0.15) is 129 Å². The average molecular weight is 309 g/mol. The van der Waals surface area contributed by atoms with E-state index in [-0.39, 0.29) is 0 Å². The lowest BCUT2D eigenvalue weighted by atomic mass is 10.0. The first-order valence-corrected chi connectivity index (χ1v) is 10.5. The standard InChI is InChI=1S/C22H44/c1-3-5-7-9-11-13-15-17-19-21-22-20-18-16-14-12-10-8-6-4-2/h9H,1,3-8,10-22H2,2H3. The molecule has 0 spiro atoms. The molecule has 0 aromatic carbocycles. The molecule has 2 radical (unpaired) electrons. The van der Waals surface area contributed by atoms with Crippen LogP contribution < -0.4 is 0 Å². The molecule has 0 nitrogen and oxygen atoms in total. The first-order chi connectivity index (χ1) is 10.9. The highest BCUT2D eigenvalue weighted by Gasteiger charge is 1.94.